The Hall–Kier alpha value is -0.990. The molecule has 1 unspecified atom stereocenters. The fraction of sp³-hybridized carbons (Fsp3) is 0.750. The van der Waals surface area contributed by atoms with Gasteiger partial charge in [-0.3, -0.25) is 5.10 Å². The van der Waals surface area contributed by atoms with Crippen LogP contribution in [0.25, 0.3) is 0 Å². The van der Waals surface area contributed by atoms with Gasteiger partial charge in [0.05, 0.1) is 0 Å². The molecule has 0 aromatic carbocycles. The van der Waals surface area contributed by atoms with Crippen LogP contribution in [0.4, 0.5) is 5.82 Å². The van der Waals surface area contributed by atoms with Crippen LogP contribution in [0.3, 0.4) is 0 Å². The Labute approximate surface area is 91.4 Å². The van der Waals surface area contributed by atoms with E-state index in [1.807, 2.05) is 0 Å². The Kier molecular flexibility index (Phi) is 1.95. The van der Waals surface area contributed by atoms with E-state index in [9.17, 15) is 0 Å². The number of nitrogens with two attached hydrogens (primary N) is 1. The number of nitrogens with one attached hydrogen (secondary N) is 1. The lowest BCUT2D eigenvalue weighted by atomic mass is 9.88. The normalized spacial score (nSPS) is 28.4. The second kappa shape index (κ2) is 2.77. The number of anilines is 1. The Morgan fingerprint density at radius 2 is 1.87 bits per heavy atom. The van der Waals surface area contributed by atoms with E-state index in [1.54, 1.807) is 0 Å². The Morgan fingerprint density at radius 1 is 1.33 bits per heavy atom. The second-order valence-electron chi connectivity index (χ2n) is 5.94. The van der Waals surface area contributed by atoms with Gasteiger partial charge in [0.25, 0.3) is 0 Å². The van der Waals surface area contributed by atoms with Crippen molar-refractivity contribution in [1.29, 1.82) is 0 Å². The molecule has 1 heterocycles. The van der Waals surface area contributed by atoms with Crippen LogP contribution in [-0.2, 0) is 5.41 Å². The van der Waals surface area contributed by atoms with Crippen molar-refractivity contribution < 1.29 is 0 Å². The smallest absolute Gasteiger partial charge is 0.148 e. The molecule has 15 heavy (non-hydrogen) atoms. The van der Waals surface area contributed by atoms with Crippen molar-refractivity contribution in [2.75, 3.05) is 5.73 Å². The maximum Gasteiger partial charge on any atom is 0.148 e. The summed E-state index contributed by atoms with van der Waals surface area (Å²) in [5.41, 5.74) is 8.98. The Bertz CT molecular complexity index is 390. The first-order valence-electron chi connectivity index (χ1n) is 5.64. The van der Waals surface area contributed by atoms with Gasteiger partial charge < -0.3 is 5.73 Å². The van der Waals surface area contributed by atoms with Crippen LogP contribution in [0.15, 0.2) is 0 Å². The lowest BCUT2D eigenvalue weighted by Gasteiger charge is -2.17. The van der Waals surface area contributed by atoms with Crippen molar-refractivity contribution in [2.45, 2.75) is 52.4 Å². The molecule has 0 saturated heterocycles. The highest BCUT2D eigenvalue weighted by molar-refractivity contribution is 5.50. The molecule has 3 heteroatoms. The number of nitrogens with zero attached hydrogens (tertiary/aromatic N) is 1. The molecular weight excluding hydrogens is 186 g/mol. The average Bonchev–Trinajstić information content (AvgIpc) is 2.46. The summed E-state index contributed by atoms with van der Waals surface area (Å²) in [6.07, 6.45) is 1.21. The van der Waals surface area contributed by atoms with E-state index in [0.29, 0.717) is 17.2 Å². The highest BCUT2D eigenvalue weighted by atomic mass is 15.2. The zero-order chi connectivity index (χ0) is 11.4. The molecule has 0 amide bonds. The minimum absolute atomic E-state index is 0.233. The van der Waals surface area contributed by atoms with E-state index in [0.717, 1.165) is 0 Å². The topological polar surface area (TPSA) is 54.7 Å². The number of H-pyrrole nitrogens is 1. The van der Waals surface area contributed by atoms with E-state index in [2.05, 4.69) is 44.8 Å². The zero-order valence-electron chi connectivity index (χ0n) is 10.3. The molecule has 84 valence electrons. The van der Waals surface area contributed by atoms with E-state index in [-0.39, 0.29) is 5.41 Å². The van der Waals surface area contributed by atoms with Crippen LogP contribution in [0.1, 0.15) is 58.2 Å². The van der Waals surface area contributed by atoms with Gasteiger partial charge in [-0.2, -0.15) is 5.10 Å². The predicted octanol–water partition coefficient (Wildman–Crippen LogP) is 2.80. The molecular formula is C12H21N3. The van der Waals surface area contributed by atoms with Crippen LogP contribution < -0.4 is 5.73 Å². The molecule has 1 aromatic rings. The predicted molar refractivity (Wildman–Crippen MR) is 62.8 cm³/mol. The monoisotopic (exact) mass is 207 g/mol. The summed E-state index contributed by atoms with van der Waals surface area (Å²) in [5, 5.41) is 7.30. The summed E-state index contributed by atoms with van der Waals surface area (Å²) < 4.78 is 0. The summed E-state index contributed by atoms with van der Waals surface area (Å²) in [4.78, 5) is 0. The fourth-order valence-corrected chi connectivity index (χ4v) is 2.64. The third-order valence-electron chi connectivity index (χ3n) is 4.13. The maximum absolute atomic E-state index is 5.91. The SMILES string of the molecule is CC(C)c1c(N)n[nH]c1C1(C)CC1(C)C. The molecule has 0 bridgehead atoms. The fourth-order valence-electron chi connectivity index (χ4n) is 2.64. The molecule has 3 nitrogen and oxygen atoms in total. The second-order valence-corrected chi connectivity index (χ2v) is 5.94. The number of rotatable bonds is 2. The third kappa shape index (κ3) is 1.29. The van der Waals surface area contributed by atoms with Crippen LogP contribution in [0.2, 0.25) is 0 Å². The summed E-state index contributed by atoms with van der Waals surface area (Å²) >= 11 is 0. The molecule has 0 radical (unpaired) electrons. The van der Waals surface area contributed by atoms with Gasteiger partial charge in [-0.15, -0.1) is 0 Å². The first-order chi connectivity index (χ1) is 6.79. The number of aromatic amines is 1. The molecule has 1 fully saturated rings. The van der Waals surface area contributed by atoms with Crippen molar-refractivity contribution in [3.63, 3.8) is 0 Å². The quantitative estimate of drug-likeness (QED) is 0.783. The van der Waals surface area contributed by atoms with Gasteiger partial charge >= 0.3 is 0 Å². The molecule has 0 aliphatic heterocycles. The molecule has 1 aliphatic rings. The van der Waals surface area contributed by atoms with E-state index < -0.39 is 0 Å². The van der Waals surface area contributed by atoms with E-state index >= 15 is 0 Å². The van der Waals surface area contributed by atoms with Crippen molar-refractivity contribution in [3.05, 3.63) is 11.3 Å². The molecule has 1 aromatic heterocycles. The minimum Gasteiger partial charge on any atom is -0.382 e. The molecule has 3 N–H and O–H groups in total. The van der Waals surface area contributed by atoms with Gasteiger partial charge in [0.15, 0.2) is 0 Å². The number of nitrogen functional groups attached to an aromatic ring is 1. The van der Waals surface area contributed by atoms with Gasteiger partial charge in [-0.05, 0) is 17.8 Å². The van der Waals surface area contributed by atoms with Gasteiger partial charge in [-0.25, -0.2) is 0 Å². The third-order valence-corrected chi connectivity index (χ3v) is 4.13. The summed E-state index contributed by atoms with van der Waals surface area (Å²) in [7, 11) is 0. The number of hydrogen-bond donors (Lipinski definition) is 2. The van der Waals surface area contributed by atoms with Crippen LogP contribution in [0.5, 0.6) is 0 Å². The number of hydrogen-bond acceptors (Lipinski definition) is 2. The summed E-state index contributed by atoms with van der Waals surface area (Å²) in [5.74, 6) is 1.11. The van der Waals surface area contributed by atoms with Crippen LogP contribution in [0, 0.1) is 5.41 Å². The summed E-state index contributed by atoms with van der Waals surface area (Å²) in [6, 6.07) is 0. The Morgan fingerprint density at radius 3 is 2.27 bits per heavy atom. The highest BCUT2D eigenvalue weighted by Crippen LogP contribution is 2.64. The first-order valence-corrected chi connectivity index (χ1v) is 5.64. The maximum atomic E-state index is 5.91. The van der Waals surface area contributed by atoms with Gasteiger partial charge in [0.1, 0.15) is 5.82 Å². The molecule has 1 aliphatic carbocycles. The molecule has 2 rings (SSSR count). The van der Waals surface area contributed by atoms with Crippen molar-refractivity contribution in [3.8, 4) is 0 Å². The van der Waals surface area contributed by atoms with E-state index in [1.165, 1.54) is 17.7 Å². The zero-order valence-corrected chi connectivity index (χ0v) is 10.3. The van der Waals surface area contributed by atoms with Crippen molar-refractivity contribution in [2.24, 2.45) is 5.41 Å². The molecule has 0 spiro atoms. The molecule has 1 atom stereocenters. The summed E-state index contributed by atoms with van der Waals surface area (Å²) in [6.45, 7) is 11.2. The standard InChI is InChI=1S/C12H21N3/c1-7(2)8-9(14-15-10(8)13)12(5)6-11(12,3)4/h7H,6H2,1-5H3,(H3,13,14,15). The lowest BCUT2D eigenvalue weighted by molar-refractivity contribution is 0.512. The van der Waals surface area contributed by atoms with Crippen LogP contribution >= 0.6 is 0 Å². The van der Waals surface area contributed by atoms with Crippen molar-refractivity contribution >= 4 is 5.82 Å². The van der Waals surface area contributed by atoms with Gasteiger partial charge in [0, 0.05) is 16.7 Å². The molecule has 1 saturated carbocycles. The Balaban J connectivity index is 2.47. The number of aromatic nitrogens is 2. The van der Waals surface area contributed by atoms with Crippen molar-refractivity contribution in [1.82, 2.24) is 10.2 Å². The minimum atomic E-state index is 0.233. The first kappa shape index (κ1) is 10.5. The van der Waals surface area contributed by atoms with Gasteiger partial charge in [0.2, 0.25) is 0 Å². The van der Waals surface area contributed by atoms with E-state index in [4.69, 9.17) is 5.73 Å². The van der Waals surface area contributed by atoms with Gasteiger partial charge in [-0.1, -0.05) is 34.6 Å². The highest BCUT2D eigenvalue weighted by Gasteiger charge is 2.60. The largest absolute Gasteiger partial charge is 0.382 e. The average molecular weight is 207 g/mol. The van der Waals surface area contributed by atoms with Crippen LogP contribution in [-0.4, -0.2) is 10.2 Å². The lowest BCUT2D eigenvalue weighted by Crippen LogP contribution is -2.13.